The molecule has 2 aromatic carbocycles. The van der Waals surface area contributed by atoms with Crippen molar-refractivity contribution in [3.63, 3.8) is 0 Å². The summed E-state index contributed by atoms with van der Waals surface area (Å²) in [5.74, 6) is -1.60. The zero-order valence-electron chi connectivity index (χ0n) is 28.6. The van der Waals surface area contributed by atoms with Crippen molar-refractivity contribution in [3.05, 3.63) is 59.7 Å². The lowest BCUT2D eigenvalue weighted by Crippen LogP contribution is -2.67. The van der Waals surface area contributed by atoms with E-state index in [0.717, 1.165) is 28.5 Å². The van der Waals surface area contributed by atoms with Gasteiger partial charge in [0.25, 0.3) is 11.8 Å². The minimum Gasteiger partial charge on any atom is -0.483 e. The number of amides is 2. The first-order chi connectivity index (χ1) is 21.5. The van der Waals surface area contributed by atoms with Crippen LogP contribution in [-0.2, 0) is 30.0 Å². The predicted molar refractivity (Wildman–Crippen MR) is 174 cm³/mol. The Balaban J connectivity index is 1.86. The van der Waals surface area contributed by atoms with Crippen LogP contribution < -0.4 is 15.5 Å². The van der Waals surface area contributed by atoms with Gasteiger partial charge >= 0.3 is 5.72 Å². The van der Waals surface area contributed by atoms with E-state index in [2.05, 4.69) is 68.8 Å². The number of hydrazine groups is 1. The molecule has 12 heteroatoms. The molecule has 2 N–H and O–H groups in total. The lowest BCUT2D eigenvalue weighted by Gasteiger charge is -2.40. The third-order valence-electron chi connectivity index (χ3n) is 8.61. The van der Waals surface area contributed by atoms with Crippen LogP contribution in [0, 0.1) is 16.7 Å². The molecule has 3 rings (SSSR count). The highest BCUT2D eigenvalue weighted by atomic mass is 16.5. The Morgan fingerprint density at radius 1 is 0.935 bits per heavy atom. The maximum absolute atomic E-state index is 13.9. The molecular weight excluding hydrogens is 586 g/mol. The number of ether oxygens (including phenoxy) is 2. The van der Waals surface area contributed by atoms with Gasteiger partial charge in [0.15, 0.2) is 6.61 Å². The topological polar surface area (TPSA) is 149 Å². The summed E-state index contributed by atoms with van der Waals surface area (Å²) < 4.78 is 11.6. The van der Waals surface area contributed by atoms with Crippen LogP contribution in [0.2, 0.25) is 0 Å². The molecule has 0 aliphatic carbocycles. The summed E-state index contributed by atoms with van der Waals surface area (Å²) in [5, 5.41) is 22.5. The number of nitrogens with one attached hydrogen (secondary N) is 2. The molecular formula is C34H47N7O5. The van der Waals surface area contributed by atoms with Gasteiger partial charge in [-0.05, 0) is 57.9 Å². The zero-order valence-corrected chi connectivity index (χ0v) is 28.6. The fourth-order valence-electron chi connectivity index (χ4n) is 4.86. The smallest absolute Gasteiger partial charge is 0.301 e. The summed E-state index contributed by atoms with van der Waals surface area (Å²) in [6.07, 6.45) is 0.302. The van der Waals surface area contributed by atoms with Crippen molar-refractivity contribution in [3.8, 4) is 11.8 Å². The largest absolute Gasteiger partial charge is 0.483 e. The van der Waals surface area contributed by atoms with Gasteiger partial charge in [0.1, 0.15) is 11.8 Å². The first-order valence-electron chi connectivity index (χ1n) is 15.4. The van der Waals surface area contributed by atoms with E-state index in [1.165, 1.54) is 12.7 Å². The van der Waals surface area contributed by atoms with Crippen molar-refractivity contribution in [1.29, 1.82) is 5.26 Å². The van der Waals surface area contributed by atoms with Crippen LogP contribution in [0.3, 0.4) is 0 Å². The highest BCUT2D eigenvalue weighted by Crippen LogP contribution is 2.39. The van der Waals surface area contributed by atoms with E-state index in [4.69, 9.17) is 9.47 Å². The van der Waals surface area contributed by atoms with Crippen molar-refractivity contribution in [2.75, 3.05) is 19.0 Å². The summed E-state index contributed by atoms with van der Waals surface area (Å²) in [5.41, 5.74) is 1.32. The molecule has 248 valence electrons. The normalized spacial score (nSPS) is 16.4. The van der Waals surface area contributed by atoms with Crippen LogP contribution in [0.15, 0.2) is 59.0 Å². The number of carbonyl (C=O) groups excluding carboxylic acids is 3. The van der Waals surface area contributed by atoms with E-state index in [1.54, 1.807) is 51.1 Å². The lowest BCUT2D eigenvalue weighted by molar-refractivity contribution is -0.189. The lowest BCUT2D eigenvalue weighted by atomic mass is 9.76. The quantitative estimate of drug-likeness (QED) is 0.262. The number of Topliss-reactive ketones (excluding diaryl/α,β-unsaturated/α-hetero) is 1. The van der Waals surface area contributed by atoms with Gasteiger partial charge in [0.05, 0.1) is 0 Å². The number of nitriles is 1. The molecule has 2 unspecified atom stereocenters. The van der Waals surface area contributed by atoms with E-state index < -0.39 is 41.5 Å². The number of benzene rings is 2. The molecule has 2 amide bonds. The van der Waals surface area contributed by atoms with Gasteiger partial charge in [0.2, 0.25) is 11.9 Å². The van der Waals surface area contributed by atoms with Gasteiger partial charge in [-0.15, -0.1) is 5.12 Å². The fourth-order valence-corrected chi connectivity index (χ4v) is 4.86. The number of rotatable bonds is 13. The van der Waals surface area contributed by atoms with Crippen molar-refractivity contribution in [2.24, 2.45) is 15.9 Å². The Kier molecular flexibility index (Phi) is 10.8. The number of anilines is 1. The minimum absolute atomic E-state index is 0.0305. The molecule has 2 atom stereocenters. The highest BCUT2D eigenvalue weighted by molar-refractivity contribution is 6.15. The molecule has 0 bridgehead atoms. The molecule has 0 saturated heterocycles. The highest BCUT2D eigenvalue weighted by Gasteiger charge is 2.60. The Morgan fingerprint density at radius 3 is 2.11 bits per heavy atom. The number of hydrogen-bond donors (Lipinski definition) is 2. The monoisotopic (exact) mass is 633 g/mol. The molecule has 0 fully saturated rings. The number of para-hydroxylation sites is 1. The Hall–Kier alpha value is -4.50. The van der Waals surface area contributed by atoms with Crippen LogP contribution >= 0.6 is 0 Å². The van der Waals surface area contributed by atoms with E-state index in [-0.39, 0.29) is 10.8 Å². The second-order valence-corrected chi connectivity index (χ2v) is 13.6. The molecule has 1 aliphatic rings. The fraction of sp³-hybridized carbons (Fsp3) is 0.529. The van der Waals surface area contributed by atoms with Gasteiger partial charge < -0.3 is 14.8 Å². The number of nitrogens with zero attached hydrogens (tertiary/aromatic N) is 5. The Labute approximate surface area is 272 Å². The molecule has 0 radical (unpaired) electrons. The predicted octanol–water partition coefficient (Wildman–Crippen LogP) is 5.82. The van der Waals surface area contributed by atoms with Crippen LogP contribution in [0.25, 0.3) is 0 Å². The average molecular weight is 634 g/mol. The van der Waals surface area contributed by atoms with Crippen molar-refractivity contribution in [2.45, 2.75) is 97.9 Å². The Bertz CT molecular complexity index is 1490. The number of hydrogen-bond acceptors (Lipinski definition) is 10. The van der Waals surface area contributed by atoms with Gasteiger partial charge in [-0.25, -0.2) is 5.43 Å². The number of ketones is 1. The first kappa shape index (κ1) is 36.0. The summed E-state index contributed by atoms with van der Waals surface area (Å²) in [4.78, 5) is 40.8. The van der Waals surface area contributed by atoms with Crippen LogP contribution in [-0.4, -0.2) is 53.3 Å². The average Bonchev–Trinajstić information content (AvgIpc) is 3.42. The third kappa shape index (κ3) is 7.31. The SMILES string of the molecule is CCC(C)(C)c1ccc(OCC(=O)NN2N=NN(C(OC)(C(=O)Nc3ccccc3)C(=O)C(C)(C)C)C2C#N)c(C(C)(C)CC)c1. The molecule has 0 spiro atoms. The number of methoxy groups -OCH3 is 1. The van der Waals surface area contributed by atoms with Crippen molar-refractivity contribution >= 4 is 23.3 Å². The maximum atomic E-state index is 13.9. The number of carbonyl (C=O) groups is 3. The van der Waals surface area contributed by atoms with Gasteiger partial charge in [-0.3, -0.25) is 14.4 Å². The molecule has 12 nitrogen and oxygen atoms in total. The first-order valence-corrected chi connectivity index (χ1v) is 15.4. The van der Waals surface area contributed by atoms with Crippen LogP contribution in [0.1, 0.15) is 86.3 Å². The van der Waals surface area contributed by atoms with Crippen LogP contribution in [0.4, 0.5) is 5.69 Å². The zero-order chi connectivity index (χ0) is 34.5. The standard InChI is InChI=1S/C34H47N7O5/c1-11-32(6,7)23-18-19-26(25(20-23)33(8,9)12-2)46-22-27(42)37-41-28(21-35)40(38-39-41)34(45-10,29(43)31(3,4)5)30(44)36-24-16-14-13-15-17-24/h13-20,28H,11-12,22H2,1-10H3,(H,36,44)(H,37,42). The molecule has 1 heterocycles. The second-order valence-electron chi connectivity index (χ2n) is 13.6. The molecule has 1 aliphatic heterocycles. The molecule has 0 aromatic heterocycles. The third-order valence-corrected chi connectivity index (χ3v) is 8.61. The minimum atomic E-state index is -2.40. The molecule has 0 saturated carbocycles. The van der Waals surface area contributed by atoms with Crippen LogP contribution in [0.5, 0.6) is 5.75 Å². The van der Waals surface area contributed by atoms with E-state index in [1.807, 2.05) is 18.2 Å². The van der Waals surface area contributed by atoms with E-state index >= 15 is 0 Å². The maximum Gasteiger partial charge on any atom is 0.301 e. The van der Waals surface area contributed by atoms with Gasteiger partial charge in [-0.1, -0.05) is 92.6 Å². The molecule has 46 heavy (non-hydrogen) atoms. The summed E-state index contributed by atoms with van der Waals surface area (Å²) >= 11 is 0. The van der Waals surface area contributed by atoms with Crippen molar-refractivity contribution in [1.82, 2.24) is 15.6 Å². The van der Waals surface area contributed by atoms with Gasteiger partial charge in [-0.2, -0.15) is 10.3 Å². The van der Waals surface area contributed by atoms with Crippen molar-refractivity contribution < 1.29 is 23.9 Å². The summed E-state index contributed by atoms with van der Waals surface area (Å²) in [6, 6.07) is 16.5. The summed E-state index contributed by atoms with van der Waals surface area (Å²) in [6.45, 7) is 17.4. The van der Waals surface area contributed by atoms with E-state index in [0.29, 0.717) is 11.4 Å². The van der Waals surface area contributed by atoms with Gasteiger partial charge in [0, 0.05) is 23.8 Å². The van der Waals surface area contributed by atoms with E-state index in [9.17, 15) is 19.6 Å². The second kappa shape index (κ2) is 13.9. The Morgan fingerprint density at radius 2 is 1.57 bits per heavy atom. The molecule has 2 aromatic rings. The summed E-state index contributed by atoms with van der Waals surface area (Å²) in [7, 11) is 1.18.